The molecule has 4 rings (SSSR count). The maximum atomic E-state index is 12.3. The molecule has 0 unspecified atom stereocenters. The number of aryl methyl sites for hydroxylation is 1. The second kappa shape index (κ2) is 9.67. The van der Waals surface area contributed by atoms with Gasteiger partial charge in [0.25, 0.3) is 0 Å². The van der Waals surface area contributed by atoms with Crippen LogP contribution in [0.4, 0.5) is 0 Å². The van der Waals surface area contributed by atoms with Crippen molar-refractivity contribution in [3.05, 3.63) is 101 Å². The summed E-state index contributed by atoms with van der Waals surface area (Å²) in [5.74, 6) is 0.535. The molecule has 1 heterocycles. The number of halogens is 3. The average molecular weight is 653 g/mol. The molecule has 156 valence electrons. The molecule has 31 heavy (non-hydrogen) atoms. The van der Waals surface area contributed by atoms with Crippen LogP contribution >= 0.6 is 54.5 Å². The first kappa shape index (κ1) is 22.2. The van der Waals surface area contributed by atoms with Crippen LogP contribution in [0.2, 0.25) is 0 Å². The van der Waals surface area contributed by atoms with Crippen molar-refractivity contribution in [2.45, 2.75) is 13.5 Å². The van der Waals surface area contributed by atoms with Crippen LogP contribution in [0, 0.1) is 10.5 Å². The Hall–Kier alpha value is -1.97. The number of cyclic esters (lactones) is 1. The second-order valence-electron chi connectivity index (χ2n) is 6.94. The van der Waals surface area contributed by atoms with Gasteiger partial charge in [0.2, 0.25) is 5.90 Å². The average Bonchev–Trinajstić information content (AvgIpc) is 3.08. The number of benzene rings is 3. The molecule has 1 aliphatic rings. The molecule has 0 saturated heterocycles. The van der Waals surface area contributed by atoms with E-state index in [2.05, 4.69) is 78.5 Å². The smallest absolute Gasteiger partial charge is 0.363 e. The summed E-state index contributed by atoms with van der Waals surface area (Å²) in [5.41, 5.74) is 4.10. The van der Waals surface area contributed by atoms with Crippen LogP contribution < -0.4 is 4.74 Å². The summed E-state index contributed by atoms with van der Waals surface area (Å²) in [4.78, 5) is 16.7. The van der Waals surface area contributed by atoms with Gasteiger partial charge in [-0.3, -0.25) is 0 Å². The van der Waals surface area contributed by atoms with Crippen molar-refractivity contribution < 1.29 is 14.3 Å². The molecule has 1 aliphatic heterocycles. The highest BCUT2D eigenvalue weighted by Crippen LogP contribution is 2.36. The highest BCUT2D eigenvalue weighted by molar-refractivity contribution is 14.1. The third kappa shape index (κ3) is 5.45. The van der Waals surface area contributed by atoms with Gasteiger partial charge < -0.3 is 9.47 Å². The third-order valence-electron chi connectivity index (χ3n) is 4.48. The first-order valence-corrected chi connectivity index (χ1v) is 12.0. The highest BCUT2D eigenvalue weighted by Gasteiger charge is 2.24. The topological polar surface area (TPSA) is 47.9 Å². The fourth-order valence-corrected chi connectivity index (χ4v) is 5.06. The van der Waals surface area contributed by atoms with E-state index < -0.39 is 5.97 Å². The Bertz CT molecular complexity index is 1210. The molecule has 0 atom stereocenters. The van der Waals surface area contributed by atoms with Crippen LogP contribution in [0.1, 0.15) is 22.3 Å². The molecule has 7 heteroatoms. The molecular weight excluding hydrogens is 637 g/mol. The number of hydrogen-bond donors (Lipinski definition) is 0. The molecule has 0 bridgehead atoms. The summed E-state index contributed by atoms with van der Waals surface area (Å²) in [6, 6.07) is 19.6. The van der Waals surface area contributed by atoms with Crippen molar-refractivity contribution in [2.75, 3.05) is 0 Å². The van der Waals surface area contributed by atoms with Gasteiger partial charge in [0.05, 0.1) is 8.95 Å². The predicted octanol–water partition coefficient (Wildman–Crippen LogP) is 7.05. The number of ether oxygens (including phenoxy) is 2. The van der Waals surface area contributed by atoms with Gasteiger partial charge >= 0.3 is 5.97 Å². The van der Waals surface area contributed by atoms with Gasteiger partial charge in [-0.05, 0) is 109 Å². The molecule has 0 aromatic heterocycles. The zero-order chi connectivity index (χ0) is 22.0. The van der Waals surface area contributed by atoms with E-state index in [0.717, 1.165) is 29.2 Å². The summed E-state index contributed by atoms with van der Waals surface area (Å²) < 4.78 is 14.0. The molecule has 0 N–H and O–H groups in total. The van der Waals surface area contributed by atoms with Gasteiger partial charge in [0.15, 0.2) is 5.70 Å². The molecule has 4 nitrogen and oxygen atoms in total. The Kier molecular flexibility index (Phi) is 6.93. The lowest BCUT2D eigenvalue weighted by atomic mass is 10.1. The monoisotopic (exact) mass is 651 g/mol. The van der Waals surface area contributed by atoms with Crippen LogP contribution in [-0.4, -0.2) is 11.9 Å². The molecule has 0 radical (unpaired) electrons. The lowest BCUT2D eigenvalue weighted by Gasteiger charge is -2.12. The molecule has 0 fully saturated rings. The van der Waals surface area contributed by atoms with Gasteiger partial charge in [0, 0.05) is 9.13 Å². The summed E-state index contributed by atoms with van der Waals surface area (Å²) in [5, 5.41) is 0. The van der Waals surface area contributed by atoms with Crippen molar-refractivity contribution in [2.24, 2.45) is 4.99 Å². The predicted molar refractivity (Wildman–Crippen MR) is 137 cm³/mol. The van der Waals surface area contributed by atoms with E-state index in [9.17, 15) is 4.79 Å². The van der Waals surface area contributed by atoms with E-state index in [4.69, 9.17) is 9.47 Å². The van der Waals surface area contributed by atoms with Crippen molar-refractivity contribution in [3.63, 3.8) is 0 Å². The van der Waals surface area contributed by atoms with Crippen molar-refractivity contribution >= 4 is 72.4 Å². The first-order valence-electron chi connectivity index (χ1n) is 9.35. The largest absolute Gasteiger partial charge is 0.487 e. The SMILES string of the molecule is Cc1cccc(COc2c(Br)cc(C=C3N=C(c4cccc(I)c4)OC3=O)cc2Br)c1. The van der Waals surface area contributed by atoms with Gasteiger partial charge in [-0.15, -0.1) is 0 Å². The van der Waals surface area contributed by atoms with Crippen molar-refractivity contribution in [3.8, 4) is 5.75 Å². The van der Waals surface area contributed by atoms with Crippen molar-refractivity contribution in [1.29, 1.82) is 0 Å². The first-order chi connectivity index (χ1) is 14.9. The zero-order valence-corrected chi connectivity index (χ0v) is 21.7. The number of aliphatic imine (C=N–C) groups is 1. The quantitative estimate of drug-likeness (QED) is 0.169. The summed E-state index contributed by atoms with van der Waals surface area (Å²) in [6.45, 7) is 2.51. The van der Waals surface area contributed by atoms with Crippen LogP contribution in [0.3, 0.4) is 0 Å². The molecule has 3 aromatic carbocycles. The van der Waals surface area contributed by atoms with Crippen LogP contribution in [0.5, 0.6) is 5.75 Å². The van der Waals surface area contributed by atoms with E-state index in [1.165, 1.54) is 5.56 Å². The molecular formula is C24H16Br2INO3. The van der Waals surface area contributed by atoms with Crippen LogP contribution in [0.25, 0.3) is 6.08 Å². The molecule has 0 saturated carbocycles. The van der Waals surface area contributed by atoms with E-state index in [1.54, 1.807) is 6.08 Å². The third-order valence-corrected chi connectivity index (χ3v) is 6.33. The minimum atomic E-state index is -0.471. The van der Waals surface area contributed by atoms with Gasteiger partial charge in [-0.1, -0.05) is 35.9 Å². The van der Waals surface area contributed by atoms with Crippen molar-refractivity contribution in [1.82, 2.24) is 0 Å². The Morgan fingerprint density at radius 2 is 1.81 bits per heavy atom. The second-order valence-corrected chi connectivity index (χ2v) is 9.89. The van der Waals surface area contributed by atoms with E-state index >= 15 is 0 Å². The standard InChI is InChI=1S/C24H16Br2INO3/c1-14-4-2-5-15(8-14)13-30-22-19(25)9-16(10-20(22)26)11-21-24(29)31-23(28-21)17-6-3-7-18(27)12-17/h2-12H,13H2,1H3. The number of carbonyl (C=O) groups is 1. The molecule has 0 amide bonds. The van der Waals surface area contributed by atoms with Gasteiger partial charge in [-0.2, -0.15) is 0 Å². The fraction of sp³-hybridized carbons (Fsp3) is 0.0833. The maximum absolute atomic E-state index is 12.3. The number of nitrogens with zero attached hydrogens (tertiary/aromatic N) is 1. The Labute approximate surface area is 210 Å². The number of rotatable bonds is 5. The molecule has 3 aromatic rings. The minimum absolute atomic E-state index is 0.251. The lowest BCUT2D eigenvalue weighted by molar-refractivity contribution is -0.129. The Morgan fingerprint density at radius 3 is 2.52 bits per heavy atom. The lowest BCUT2D eigenvalue weighted by Crippen LogP contribution is -2.05. The molecule has 0 spiro atoms. The summed E-state index contributed by atoms with van der Waals surface area (Å²) >= 11 is 9.35. The highest BCUT2D eigenvalue weighted by atomic mass is 127. The zero-order valence-electron chi connectivity index (χ0n) is 16.4. The normalized spacial score (nSPS) is 14.5. The number of esters is 1. The van der Waals surface area contributed by atoms with E-state index in [1.807, 2.05) is 48.5 Å². The minimum Gasteiger partial charge on any atom is -0.487 e. The number of carbonyl (C=O) groups excluding carboxylic acids is 1. The Morgan fingerprint density at radius 1 is 1.06 bits per heavy atom. The summed E-state index contributed by atoms with van der Waals surface area (Å²) in [6.07, 6.45) is 1.70. The van der Waals surface area contributed by atoms with Crippen LogP contribution in [-0.2, 0) is 16.1 Å². The maximum Gasteiger partial charge on any atom is 0.363 e. The summed E-state index contributed by atoms with van der Waals surface area (Å²) in [7, 11) is 0. The van der Waals surface area contributed by atoms with E-state index in [-0.39, 0.29) is 5.70 Å². The van der Waals surface area contributed by atoms with E-state index in [0.29, 0.717) is 18.3 Å². The Balaban J connectivity index is 1.56. The molecule has 0 aliphatic carbocycles. The fourth-order valence-electron chi connectivity index (χ4n) is 3.07. The van der Waals surface area contributed by atoms with Gasteiger partial charge in [-0.25, -0.2) is 9.79 Å². The number of hydrogen-bond acceptors (Lipinski definition) is 4. The van der Waals surface area contributed by atoms with Gasteiger partial charge in [0.1, 0.15) is 12.4 Å². The van der Waals surface area contributed by atoms with Crippen LogP contribution in [0.15, 0.2) is 80.3 Å².